The lowest BCUT2D eigenvalue weighted by Crippen LogP contribution is -2.43. The molecule has 0 atom stereocenters. The molecule has 1 fully saturated rings. The summed E-state index contributed by atoms with van der Waals surface area (Å²) in [7, 11) is 0. The summed E-state index contributed by atoms with van der Waals surface area (Å²) in [4.78, 5) is 6.32. The van der Waals surface area contributed by atoms with Crippen molar-refractivity contribution in [2.45, 2.75) is 6.92 Å². The molecule has 0 spiro atoms. The fourth-order valence-electron chi connectivity index (χ4n) is 2.51. The Bertz CT molecular complexity index is 622. The second kappa shape index (κ2) is 4.74. The summed E-state index contributed by atoms with van der Waals surface area (Å²) < 4.78 is 27.2. The zero-order valence-corrected chi connectivity index (χ0v) is 10.7. The Balaban J connectivity index is 2.20. The molecule has 3 rings (SSSR count). The van der Waals surface area contributed by atoms with Crippen molar-refractivity contribution < 1.29 is 8.78 Å². The van der Waals surface area contributed by atoms with E-state index in [4.69, 9.17) is 0 Å². The summed E-state index contributed by atoms with van der Waals surface area (Å²) in [5.74, 6) is -1.71. The fraction of sp³-hybridized carbons (Fsp3) is 0.357. The molecular weight excluding hydrogens is 248 g/mol. The molecule has 0 unspecified atom stereocenters. The van der Waals surface area contributed by atoms with E-state index in [9.17, 15) is 8.78 Å². The van der Waals surface area contributed by atoms with Crippen molar-refractivity contribution in [2.24, 2.45) is 0 Å². The molecule has 1 N–H and O–H groups in total. The fourth-order valence-corrected chi connectivity index (χ4v) is 2.51. The van der Waals surface area contributed by atoms with Crippen LogP contribution in [0.2, 0.25) is 0 Å². The first-order valence-corrected chi connectivity index (χ1v) is 6.38. The Morgan fingerprint density at radius 3 is 2.68 bits per heavy atom. The lowest BCUT2D eigenvalue weighted by molar-refractivity contribution is 0.515. The van der Waals surface area contributed by atoms with E-state index in [-0.39, 0.29) is 5.52 Å². The quantitative estimate of drug-likeness (QED) is 0.855. The standard InChI is InChI=1S/C14H15F2N3/c1-9-8-12(19-6-4-17-5-7-19)10-2-3-11(15)13(16)14(10)18-9/h2-3,8,17H,4-7H2,1H3. The number of hydrogen-bond donors (Lipinski definition) is 1. The highest BCUT2D eigenvalue weighted by atomic mass is 19.2. The van der Waals surface area contributed by atoms with E-state index in [1.54, 1.807) is 13.0 Å². The summed E-state index contributed by atoms with van der Waals surface area (Å²) in [6.07, 6.45) is 0. The van der Waals surface area contributed by atoms with Crippen LogP contribution in [0.1, 0.15) is 5.69 Å². The van der Waals surface area contributed by atoms with Crippen LogP contribution < -0.4 is 10.2 Å². The van der Waals surface area contributed by atoms with E-state index < -0.39 is 11.6 Å². The molecule has 1 aliphatic heterocycles. The first-order chi connectivity index (χ1) is 9.16. The lowest BCUT2D eigenvalue weighted by Gasteiger charge is -2.30. The van der Waals surface area contributed by atoms with Gasteiger partial charge in [0, 0.05) is 42.9 Å². The highest BCUT2D eigenvalue weighted by molar-refractivity contribution is 5.92. The molecule has 1 saturated heterocycles. The van der Waals surface area contributed by atoms with Crippen LogP contribution in [0.25, 0.3) is 10.9 Å². The smallest absolute Gasteiger partial charge is 0.185 e. The van der Waals surface area contributed by atoms with Crippen molar-refractivity contribution >= 4 is 16.6 Å². The van der Waals surface area contributed by atoms with E-state index in [1.165, 1.54) is 6.07 Å². The Hall–Kier alpha value is -1.75. The number of nitrogens with one attached hydrogen (secondary N) is 1. The van der Waals surface area contributed by atoms with E-state index >= 15 is 0 Å². The van der Waals surface area contributed by atoms with Gasteiger partial charge < -0.3 is 10.2 Å². The molecule has 100 valence electrons. The largest absolute Gasteiger partial charge is 0.368 e. The Morgan fingerprint density at radius 2 is 1.95 bits per heavy atom. The number of aromatic nitrogens is 1. The lowest BCUT2D eigenvalue weighted by atomic mass is 10.1. The van der Waals surface area contributed by atoms with Crippen LogP contribution in [0.3, 0.4) is 0 Å². The molecular formula is C14H15F2N3. The van der Waals surface area contributed by atoms with Crippen molar-refractivity contribution in [3.8, 4) is 0 Å². The van der Waals surface area contributed by atoms with E-state index in [1.807, 2.05) is 6.07 Å². The zero-order chi connectivity index (χ0) is 13.4. The molecule has 1 aliphatic rings. The molecule has 0 aliphatic carbocycles. The molecule has 2 heterocycles. The predicted molar refractivity (Wildman–Crippen MR) is 71.5 cm³/mol. The molecule has 5 heteroatoms. The number of nitrogens with zero attached hydrogens (tertiary/aromatic N) is 2. The van der Waals surface area contributed by atoms with Gasteiger partial charge in [-0.15, -0.1) is 0 Å². The van der Waals surface area contributed by atoms with Crippen LogP contribution in [0.5, 0.6) is 0 Å². The maximum Gasteiger partial charge on any atom is 0.185 e. The van der Waals surface area contributed by atoms with Crippen LogP contribution >= 0.6 is 0 Å². The van der Waals surface area contributed by atoms with Crippen LogP contribution in [0.15, 0.2) is 18.2 Å². The highest BCUT2D eigenvalue weighted by Crippen LogP contribution is 2.29. The number of pyridine rings is 1. The number of anilines is 1. The van der Waals surface area contributed by atoms with Crippen molar-refractivity contribution in [3.63, 3.8) is 0 Å². The number of fused-ring (bicyclic) bond motifs is 1. The minimum Gasteiger partial charge on any atom is -0.368 e. The first-order valence-electron chi connectivity index (χ1n) is 6.38. The van der Waals surface area contributed by atoms with Crippen molar-refractivity contribution in [1.29, 1.82) is 0 Å². The normalized spacial score (nSPS) is 16.1. The summed E-state index contributed by atoms with van der Waals surface area (Å²) in [6, 6.07) is 4.71. The van der Waals surface area contributed by atoms with E-state index in [0.29, 0.717) is 11.1 Å². The Morgan fingerprint density at radius 1 is 1.21 bits per heavy atom. The van der Waals surface area contributed by atoms with Gasteiger partial charge in [0.15, 0.2) is 11.6 Å². The number of rotatable bonds is 1. The van der Waals surface area contributed by atoms with E-state index in [0.717, 1.165) is 31.9 Å². The number of benzene rings is 1. The zero-order valence-electron chi connectivity index (χ0n) is 10.7. The molecule has 2 aromatic rings. The van der Waals surface area contributed by atoms with E-state index in [2.05, 4.69) is 15.2 Å². The maximum absolute atomic E-state index is 13.9. The summed E-state index contributed by atoms with van der Waals surface area (Å²) in [5, 5.41) is 3.95. The van der Waals surface area contributed by atoms with Crippen LogP contribution in [0.4, 0.5) is 14.5 Å². The third kappa shape index (κ3) is 2.14. The highest BCUT2D eigenvalue weighted by Gasteiger charge is 2.17. The maximum atomic E-state index is 13.9. The van der Waals surface area contributed by atoms with Crippen LogP contribution in [-0.4, -0.2) is 31.2 Å². The molecule has 0 radical (unpaired) electrons. The SMILES string of the molecule is Cc1cc(N2CCNCC2)c2ccc(F)c(F)c2n1. The van der Waals surface area contributed by atoms with Gasteiger partial charge in [0.1, 0.15) is 5.52 Å². The van der Waals surface area contributed by atoms with Gasteiger partial charge in [0.2, 0.25) is 0 Å². The average molecular weight is 263 g/mol. The number of aryl methyl sites for hydroxylation is 1. The second-order valence-corrected chi connectivity index (χ2v) is 4.78. The third-order valence-electron chi connectivity index (χ3n) is 3.44. The molecule has 19 heavy (non-hydrogen) atoms. The van der Waals surface area contributed by atoms with Crippen molar-refractivity contribution in [3.05, 3.63) is 35.5 Å². The van der Waals surface area contributed by atoms with Gasteiger partial charge in [-0.3, -0.25) is 0 Å². The molecule has 0 bridgehead atoms. The van der Waals surface area contributed by atoms with Gasteiger partial charge in [-0.2, -0.15) is 0 Å². The molecule has 0 amide bonds. The first kappa shape index (κ1) is 12.3. The molecule has 1 aromatic heterocycles. The van der Waals surface area contributed by atoms with Crippen LogP contribution in [-0.2, 0) is 0 Å². The van der Waals surface area contributed by atoms with Gasteiger partial charge in [0.25, 0.3) is 0 Å². The van der Waals surface area contributed by atoms with Gasteiger partial charge in [0.05, 0.1) is 0 Å². The monoisotopic (exact) mass is 263 g/mol. The van der Waals surface area contributed by atoms with Gasteiger partial charge >= 0.3 is 0 Å². The summed E-state index contributed by atoms with van der Waals surface area (Å²) >= 11 is 0. The summed E-state index contributed by atoms with van der Waals surface area (Å²) in [5.41, 5.74) is 1.75. The second-order valence-electron chi connectivity index (χ2n) is 4.78. The average Bonchev–Trinajstić information content (AvgIpc) is 2.44. The molecule has 1 aromatic carbocycles. The minimum absolute atomic E-state index is 0.119. The Labute approximate surface area is 110 Å². The molecule has 0 saturated carbocycles. The van der Waals surface area contributed by atoms with Gasteiger partial charge in [-0.1, -0.05) is 0 Å². The van der Waals surface area contributed by atoms with Gasteiger partial charge in [-0.25, -0.2) is 13.8 Å². The predicted octanol–water partition coefficient (Wildman–Crippen LogP) is 2.23. The minimum atomic E-state index is -0.863. The molecule has 3 nitrogen and oxygen atoms in total. The van der Waals surface area contributed by atoms with Gasteiger partial charge in [-0.05, 0) is 25.1 Å². The van der Waals surface area contributed by atoms with Crippen LogP contribution in [0, 0.1) is 18.6 Å². The summed E-state index contributed by atoms with van der Waals surface area (Å²) in [6.45, 7) is 5.31. The number of hydrogen-bond acceptors (Lipinski definition) is 3. The third-order valence-corrected chi connectivity index (χ3v) is 3.44. The van der Waals surface area contributed by atoms with Crippen molar-refractivity contribution in [1.82, 2.24) is 10.3 Å². The number of halogens is 2. The topological polar surface area (TPSA) is 28.2 Å². The Kier molecular flexibility index (Phi) is 3.06. The van der Waals surface area contributed by atoms with Crippen molar-refractivity contribution in [2.75, 3.05) is 31.1 Å². The number of piperazine rings is 1.